The number of rotatable bonds is 8. The monoisotopic (exact) mass is 678 g/mol. The van der Waals surface area contributed by atoms with Gasteiger partial charge in [0, 0.05) is 12.3 Å². The number of hydrogen-bond acceptors (Lipinski definition) is 13. The van der Waals surface area contributed by atoms with Gasteiger partial charge in [0.2, 0.25) is 0 Å². The molecule has 2 unspecified atom stereocenters. The van der Waals surface area contributed by atoms with E-state index in [1.165, 1.54) is 0 Å². The van der Waals surface area contributed by atoms with Crippen LogP contribution in [-0.2, 0) is 35.9 Å². The van der Waals surface area contributed by atoms with Gasteiger partial charge in [-0.2, -0.15) is 12.9 Å². The van der Waals surface area contributed by atoms with Crippen LogP contribution in [-0.4, -0.2) is 197 Å². The van der Waals surface area contributed by atoms with Gasteiger partial charge in [0.1, 0.15) is 18.3 Å². The Labute approximate surface area is 300 Å². The number of phosphoric acid groups is 4. The number of hydrogen-bond donors (Lipinski definition) is 10. The maximum absolute atomic E-state index is 11.4. The van der Waals surface area contributed by atoms with E-state index in [2.05, 4.69) is 12.9 Å². The molecule has 1 aliphatic heterocycles. The summed E-state index contributed by atoms with van der Waals surface area (Å²) in [5, 5.41) is 28.1. The van der Waals surface area contributed by atoms with E-state index < -0.39 is 73.7 Å². The summed E-state index contributed by atoms with van der Waals surface area (Å²) in [7, 11) is -22.6. The van der Waals surface area contributed by atoms with Crippen LogP contribution in [0.5, 0.6) is 0 Å². The third kappa shape index (κ3) is 18.0. The first-order chi connectivity index (χ1) is 15.2. The van der Waals surface area contributed by atoms with Gasteiger partial charge in [0.25, 0.3) is 5.56 Å². The molecule has 1 saturated heterocycles. The fraction of sp³-hybridized carbons (Fsp3) is 0.556. The van der Waals surface area contributed by atoms with Crippen molar-refractivity contribution in [2.75, 3.05) is 6.61 Å². The molecule has 0 radical (unpaired) electrons. The molecule has 1 fully saturated rings. The first kappa shape index (κ1) is 48.0. The molecule has 1 aromatic rings. The summed E-state index contributed by atoms with van der Waals surface area (Å²) in [5.41, 5.74) is -1.33. The molecule has 38 heavy (non-hydrogen) atoms. The number of aromatic nitrogens is 2. The topological polar surface area (TPSA) is 342 Å². The number of aliphatic hydroxyl groups excluding tert-OH is 3. The molecule has 6 atom stereocenters. The van der Waals surface area contributed by atoms with Crippen LogP contribution >= 0.6 is 31.3 Å². The van der Waals surface area contributed by atoms with E-state index in [4.69, 9.17) is 39.2 Å². The van der Waals surface area contributed by atoms with Gasteiger partial charge in [-0.3, -0.25) is 14.3 Å². The zero-order valence-corrected chi connectivity index (χ0v) is 19.6. The van der Waals surface area contributed by atoms with E-state index in [-0.39, 0.29) is 118 Å². The van der Waals surface area contributed by atoms with Crippen LogP contribution in [0.1, 0.15) is 6.23 Å². The SMILES string of the molecule is O=P(O)(O)OP(=O)(O)OP(=O)(O)OP(=O)(O)O.O=c1ccn([C@@H]2O[C@H](CO)[C@@H](O)[C@H]2O)c(=O)[nH]1.[NaH].[NaH].[NaH].[NaH]. The predicted octanol–water partition coefficient (Wildman–Crippen LogP) is -6.02. The molecule has 29 heteroatoms. The molecule has 0 aromatic carbocycles. The van der Waals surface area contributed by atoms with Gasteiger partial charge in [0.15, 0.2) is 6.23 Å². The third-order valence-corrected chi connectivity index (χ3v) is 8.27. The van der Waals surface area contributed by atoms with E-state index in [0.717, 1.165) is 16.8 Å². The molecule has 0 saturated carbocycles. The van der Waals surface area contributed by atoms with Crippen molar-refractivity contribution in [1.29, 1.82) is 0 Å². The van der Waals surface area contributed by atoms with Crippen molar-refractivity contribution in [2.24, 2.45) is 0 Å². The number of H-pyrrole nitrogens is 1. The van der Waals surface area contributed by atoms with Crippen molar-refractivity contribution in [3.05, 3.63) is 33.1 Å². The summed E-state index contributed by atoms with van der Waals surface area (Å²) >= 11 is 0. The normalized spacial score (nSPS) is 23.9. The second-order valence-electron chi connectivity index (χ2n) is 5.91. The van der Waals surface area contributed by atoms with Crippen LogP contribution in [0.15, 0.2) is 21.9 Å². The van der Waals surface area contributed by atoms with Crippen LogP contribution in [0.4, 0.5) is 0 Å². The molecule has 0 aliphatic carbocycles. The van der Waals surface area contributed by atoms with Gasteiger partial charge in [0.05, 0.1) is 6.61 Å². The number of ether oxygens (including phenoxy) is 1. The maximum atomic E-state index is 11.4. The Morgan fingerprint density at radius 3 is 1.55 bits per heavy atom. The summed E-state index contributed by atoms with van der Waals surface area (Å²) in [6.07, 6.45) is -3.58. The van der Waals surface area contributed by atoms with Crippen molar-refractivity contribution in [3.8, 4) is 0 Å². The molecule has 0 spiro atoms. The molecule has 206 valence electrons. The summed E-state index contributed by atoms with van der Waals surface area (Å²) in [6, 6.07) is 1.09. The average Bonchev–Trinajstić information content (AvgIpc) is 2.85. The minimum absolute atomic E-state index is 0. The van der Waals surface area contributed by atoms with Crippen molar-refractivity contribution in [2.45, 2.75) is 24.5 Å². The molecule has 0 bridgehead atoms. The van der Waals surface area contributed by atoms with Crippen LogP contribution < -0.4 is 11.2 Å². The summed E-state index contributed by atoms with van der Waals surface area (Å²) in [6.45, 7) is -0.479. The first-order valence-corrected chi connectivity index (χ1v) is 14.1. The Morgan fingerprint density at radius 2 is 1.24 bits per heavy atom. The Bertz CT molecular complexity index is 1130. The quantitative estimate of drug-likeness (QED) is 0.0903. The molecular weight excluding hydrogens is 656 g/mol. The van der Waals surface area contributed by atoms with Gasteiger partial charge in [-0.15, -0.1) is 0 Å². The summed E-state index contributed by atoms with van der Waals surface area (Å²) in [4.78, 5) is 73.8. The van der Waals surface area contributed by atoms with E-state index in [1.807, 2.05) is 4.98 Å². The molecule has 21 nitrogen and oxygen atoms in total. The Hall–Kier alpha value is 3.08. The van der Waals surface area contributed by atoms with Gasteiger partial charge >= 0.3 is 155 Å². The van der Waals surface area contributed by atoms with Crippen molar-refractivity contribution >= 4 is 150 Å². The fourth-order valence-corrected chi connectivity index (χ4v) is 6.14. The van der Waals surface area contributed by atoms with Crippen molar-refractivity contribution < 1.29 is 80.6 Å². The van der Waals surface area contributed by atoms with Gasteiger partial charge in [-0.1, -0.05) is 0 Å². The third-order valence-electron chi connectivity index (χ3n) is 3.27. The number of nitrogens with one attached hydrogen (secondary N) is 1. The van der Waals surface area contributed by atoms with Gasteiger partial charge in [-0.05, 0) is 0 Å². The van der Waals surface area contributed by atoms with Crippen LogP contribution in [0.2, 0.25) is 0 Å². The average molecular weight is 678 g/mol. The Morgan fingerprint density at radius 1 is 0.816 bits per heavy atom. The number of nitrogens with zero attached hydrogens (tertiary/aromatic N) is 1. The number of aromatic amines is 1. The van der Waals surface area contributed by atoms with E-state index in [0.29, 0.717) is 0 Å². The molecular formula is C9H22N2Na4O19P4. The van der Waals surface area contributed by atoms with Crippen molar-refractivity contribution in [1.82, 2.24) is 9.55 Å². The second-order valence-corrected chi connectivity index (χ2v) is 11.7. The molecule has 2 rings (SSSR count). The Kier molecular flexibility index (Phi) is 24.6. The molecule has 1 aromatic heterocycles. The van der Waals surface area contributed by atoms with Crippen LogP contribution in [0.3, 0.4) is 0 Å². The van der Waals surface area contributed by atoms with Gasteiger partial charge in [-0.25, -0.2) is 23.1 Å². The standard InChI is InChI=1S/C9H12N2O6.4Na.H6O13P4.4H/c12-3-4-6(14)7(15)8(17-4)11-2-1-5(13)10-9(11)16;;;;;1-14(2,3)11-16(7,8)13-17(9,10)12-15(4,5)6;;;;/h1-2,4,6-8,12,14-15H,3H2,(H,10,13,16);;;;;(H,7,8)(H,9,10)(H2,1,2,3)(H2,4,5,6);;;;/t4-,6-,7-,8-;;;;;;;;;/m1........./s1. The second kappa shape index (κ2) is 19.5. The first-order valence-electron chi connectivity index (χ1n) is 8.01. The van der Waals surface area contributed by atoms with Crippen LogP contribution in [0, 0.1) is 0 Å². The molecule has 10 N–H and O–H groups in total. The Balaban J connectivity index is -0.000000275. The molecule has 0 amide bonds. The molecule has 1 aliphatic rings. The summed E-state index contributed by atoms with van der Waals surface area (Å²) < 4.78 is 57.0. The molecule has 2 heterocycles. The van der Waals surface area contributed by atoms with E-state index in [9.17, 15) is 38.1 Å². The van der Waals surface area contributed by atoms with Crippen LogP contribution in [0.25, 0.3) is 0 Å². The number of aliphatic hydroxyl groups is 3. The zero-order chi connectivity index (χ0) is 26.7. The zero-order valence-electron chi connectivity index (χ0n) is 16.0. The van der Waals surface area contributed by atoms with Gasteiger partial charge < -0.3 is 49.4 Å². The van der Waals surface area contributed by atoms with Crippen molar-refractivity contribution in [3.63, 3.8) is 0 Å². The summed E-state index contributed by atoms with van der Waals surface area (Å²) in [5.74, 6) is 0. The predicted molar refractivity (Wildman–Crippen MR) is 130 cm³/mol. The van der Waals surface area contributed by atoms with E-state index in [1.54, 1.807) is 0 Å². The van der Waals surface area contributed by atoms with E-state index >= 15 is 0 Å². The fourth-order valence-electron chi connectivity index (χ4n) is 2.17. The minimum atomic E-state index is -5.77.